The van der Waals surface area contributed by atoms with E-state index in [-0.39, 0.29) is 18.6 Å². The van der Waals surface area contributed by atoms with E-state index in [1.165, 1.54) is 0 Å². The van der Waals surface area contributed by atoms with Gasteiger partial charge in [-0.15, -0.1) is 10.2 Å². The third-order valence-electron chi connectivity index (χ3n) is 6.14. The zero-order valence-electron chi connectivity index (χ0n) is 18.4. The van der Waals surface area contributed by atoms with Gasteiger partial charge in [-0.1, -0.05) is 42.5 Å². The number of amides is 1. The lowest BCUT2D eigenvalue weighted by Gasteiger charge is -2.40. The molecule has 1 N–H and O–H groups in total. The number of rotatable bonds is 4. The first-order valence-corrected chi connectivity index (χ1v) is 11.1. The first-order chi connectivity index (χ1) is 16.2. The molecule has 0 saturated carbocycles. The van der Waals surface area contributed by atoms with Crippen LogP contribution < -0.4 is 4.90 Å². The maximum absolute atomic E-state index is 12.9. The minimum Gasteiger partial charge on any atom is -0.392 e. The number of pyridine rings is 1. The second-order valence-electron chi connectivity index (χ2n) is 8.29. The fraction of sp³-hybridized carbons (Fsp3) is 0.231. The molecular formula is C26H25N5O2. The lowest BCUT2D eigenvalue weighted by Crippen LogP contribution is -2.54. The number of carbonyl (C=O) groups is 1. The maximum atomic E-state index is 12.9. The van der Waals surface area contributed by atoms with Gasteiger partial charge in [0.2, 0.25) is 0 Å². The Morgan fingerprint density at radius 3 is 2.52 bits per heavy atom. The Kier molecular flexibility index (Phi) is 5.71. The number of fused-ring (bicyclic) bond motifs is 1. The molecule has 0 aliphatic carbocycles. The van der Waals surface area contributed by atoms with Gasteiger partial charge in [0.1, 0.15) is 11.2 Å². The Labute approximate surface area is 192 Å². The molecule has 5 rings (SSSR count). The SMILES string of the molecule is C[C@@H]1CN(C(=O)c2ccccc2)CCN1c1nnc(-c2ccc(CO)cc2)c2cccnc12. The molecule has 1 aliphatic rings. The second-order valence-corrected chi connectivity index (χ2v) is 8.29. The summed E-state index contributed by atoms with van der Waals surface area (Å²) >= 11 is 0. The lowest BCUT2D eigenvalue weighted by atomic mass is 10.0. The summed E-state index contributed by atoms with van der Waals surface area (Å²) in [5, 5.41) is 19.4. The molecule has 0 unspecified atom stereocenters. The van der Waals surface area contributed by atoms with Crippen LogP contribution in [0.3, 0.4) is 0 Å². The molecule has 2 aromatic carbocycles. The van der Waals surface area contributed by atoms with E-state index < -0.39 is 0 Å². The van der Waals surface area contributed by atoms with Crippen LogP contribution in [0.5, 0.6) is 0 Å². The molecule has 166 valence electrons. The molecule has 1 aliphatic heterocycles. The highest BCUT2D eigenvalue weighted by Gasteiger charge is 2.30. The number of hydrogen-bond acceptors (Lipinski definition) is 6. The summed E-state index contributed by atoms with van der Waals surface area (Å²) in [6.07, 6.45) is 1.77. The molecule has 7 heteroatoms. The van der Waals surface area contributed by atoms with Gasteiger partial charge in [0.15, 0.2) is 5.82 Å². The normalized spacial score (nSPS) is 16.2. The summed E-state index contributed by atoms with van der Waals surface area (Å²) in [5.74, 6) is 0.790. The Balaban J connectivity index is 1.44. The maximum Gasteiger partial charge on any atom is 0.253 e. The summed E-state index contributed by atoms with van der Waals surface area (Å²) in [7, 11) is 0. The first-order valence-electron chi connectivity index (χ1n) is 11.1. The molecule has 0 bridgehead atoms. The van der Waals surface area contributed by atoms with E-state index in [1.54, 1.807) is 6.20 Å². The molecule has 1 saturated heterocycles. The van der Waals surface area contributed by atoms with Gasteiger partial charge in [-0.2, -0.15) is 0 Å². The molecule has 3 heterocycles. The van der Waals surface area contributed by atoms with Crippen LogP contribution in [-0.2, 0) is 6.61 Å². The van der Waals surface area contributed by atoms with Crippen molar-refractivity contribution in [3.63, 3.8) is 0 Å². The Morgan fingerprint density at radius 1 is 1.00 bits per heavy atom. The molecule has 2 aromatic heterocycles. The molecule has 0 radical (unpaired) electrons. The van der Waals surface area contributed by atoms with E-state index >= 15 is 0 Å². The summed E-state index contributed by atoms with van der Waals surface area (Å²) < 4.78 is 0. The van der Waals surface area contributed by atoms with Gasteiger partial charge in [0, 0.05) is 48.4 Å². The van der Waals surface area contributed by atoms with Crippen molar-refractivity contribution in [1.29, 1.82) is 0 Å². The van der Waals surface area contributed by atoms with Crippen LogP contribution in [0, 0.1) is 0 Å². The highest BCUT2D eigenvalue weighted by molar-refractivity contribution is 5.98. The van der Waals surface area contributed by atoms with Crippen LogP contribution in [0.2, 0.25) is 0 Å². The standard InChI is InChI=1S/C26H25N5O2/c1-18-16-30(26(33)21-6-3-2-4-7-21)14-15-31(18)25-24-22(8-5-13-27-24)23(28-29-25)20-11-9-19(17-32)10-12-20/h2-13,18,32H,14-17H2,1H3/t18-/m1/s1. The lowest BCUT2D eigenvalue weighted by molar-refractivity contribution is 0.0726. The van der Waals surface area contributed by atoms with Gasteiger partial charge in [-0.3, -0.25) is 9.78 Å². The predicted molar refractivity (Wildman–Crippen MR) is 128 cm³/mol. The predicted octanol–water partition coefficient (Wildman–Crippen LogP) is 3.54. The number of aliphatic hydroxyl groups excluding tert-OH is 1. The van der Waals surface area contributed by atoms with Crippen molar-refractivity contribution in [1.82, 2.24) is 20.1 Å². The van der Waals surface area contributed by atoms with Crippen LogP contribution in [0.1, 0.15) is 22.8 Å². The number of piperazine rings is 1. The molecule has 1 fully saturated rings. The monoisotopic (exact) mass is 439 g/mol. The van der Waals surface area contributed by atoms with Gasteiger partial charge in [-0.05, 0) is 36.8 Å². The zero-order chi connectivity index (χ0) is 22.8. The minimum absolute atomic E-state index is 0.00381. The van der Waals surface area contributed by atoms with Crippen molar-refractivity contribution in [2.24, 2.45) is 0 Å². The Hall–Kier alpha value is -3.84. The van der Waals surface area contributed by atoms with Gasteiger partial charge in [0.05, 0.1) is 6.61 Å². The van der Waals surface area contributed by atoms with Crippen LogP contribution in [0.15, 0.2) is 72.9 Å². The van der Waals surface area contributed by atoms with E-state index in [2.05, 4.69) is 27.0 Å². The van der Waals surface area contributed by atoms with E-state index in [1.807, 2.05) is 71.6 Å². The third-order valence-corrected chi connectivity index (χ3v) is 6.14. The first kappa shape index (κ1) is 21.0. The topological polar surface area (TPSA) is 82.5 Å². The smallest absolute Gasteiger partial charge is 0.253 e. The molecule has 1 atom stereocenters. The number of hydrogen-bond donors (Lipinski definition) is 1. The fourth-order valence-corrected chi connectivity index (χ4v) is 4.37. The average molecular weight is 440 g/mol. The van der Waals surface area contributed by atoms with E-state index in [9.17, 15) is 9.90 Å². The minimum atomic E-state index is 0.00381. The Bertz CT molecular complexity index is 1280. The highest BCUT2D eigenvalue weighted by atomic mass is 16.3. The van der Waals surface area contributed by atoms with Gasteiger partial charge in [0.25, 0.3) is 5.91 Å². The second kappa shape index (κ2) is 8.96. The molecule has 1 amide bonds. The average Bonchev–Trinajstić information content (AvgIpc) is 2.88. The van der Waals surface area contributed by atoms with Crippen LogP contribution >= 0.6 is 0 Å². The van der Waals surface area contributed by atoms with Crippen LogP contribution in [0.25, 0.3) is 22.2 Å². The number of aromatic nitrogens is 3. The highest BCUT2D eigenvalue weighted by Crippen LogP contribution is 2.31. The largest absolute Gasteiger partial charge is 0.392 e. The van der Waals surface area contributed by atoms with Crippen molar-refractivity contribution < 1.29 is 9.90 Å². The fourth-order valence-electron chi connectivity index (χ4n) is 4.37. The van der Waals surface area contributed by atoms with Crippen molar-refractivity contribution >= 4 is 22.6 Å². The molecule has 4 aromatic rings. The quantitative estimate of drug-likeness (QED) is 0.524. The Morgan fingerprint density at radius 2 is 1.79 bits per heavy atom. The van der Waals surface area contributed by atoms with E-state index in [0.29, 0.717) is 25.2 Å². The van der Waals surface area contributed by atoms with Crippen molar-refractivity contribution in [3.8, 4) is 11.3 Å². The van der Waals surface area contributed by atoms with Gasteiger partial charge in [-0.25, -0.2) is 0 Å². The number of carbonyl (C=O) groups excluding carboxylic acids is 1. The van der Waals surface area contributed by atoms with Crippen LogP contribution in [0.4, 0.5) is 5.82 Å². The van der Waals surface area contributed by atoms with Crippen molar-refractivity contribution in [2.45, 2.75) is 19.6 Å². The van der Waals surface area contributed by atoms with Gasteiger partial charge >= 0.3 is 0 Å². The molecule has 7 nitrogen and oxygen atoms in total. The summed E-state index contributed by atoms with van der Waals surface area (Å²) in [6, 6.07) is 21.0. The zero-order valence-corrected chi connectivity index (χ0v) is 18.4. The number of nitrogens with zero attached hydrogens (tertiary/aromatic N) is 5. The number of aliphatic hydroxyl groups is 1. The number of benzene rings is 2. The summed E-state index contributed by atoms with van der Waals surface area (Å²) in [4.78, 5) is 21.6. The van der Waals surface area contributed by atoms with E-state index in [0.717, 1.165) is 33.5 Å². The third kappa shape index (κ3) is 4.03. The molecule has 33 heavy (non-hydrogen) atoms. The van der Waals surface area contributed by atoms with Gasteiger partial charge < -0.3 is 14.9 Å². The summed E-state index contributed by atoms with van der Waals surface area (Å²) in [5.41, 5.74) is 4.04. The summed E-state index contributed by atoms with van der Waals surface area (Å²) in [6.45, 7) is 3.98. The van der Waals surface area contributed by atoms with Crippen molar-refractivity contribution in [2.75, 3.05) is 24.5 Å². The number of anilines is 1. The van der Waals surface area contributed by atoms with Crippen LogP contribution in [-0.4, -0.2) is 56.8 Å². The molecular weight excluding hydrogens is 414 g/mol. The van der Waals surface area contributed by atoms with Crippen molar-refractivity contribution in [3.05, 3.63) is 84.1 Å². The molecule has 0 spiro atoms. The van der Waals surface area contributed by atoms with E-state index in [4.69, 9.17) is 0 Å².